The molecule has 0 atom stereocenters. The zero-order valence-electron chi connectivity index (χ0n) is 9.57. The van der Waals surface area contributed by atoms with Crippen LogP contribution < -0.4 is 5.32 Å². The standard InChI is InChI=1S/C13H14ClNOS/c1-17-9-13-7-6-12(16-13)8-15-11-4-2-10(14)3-5-11/h2-7,15H,8-9H2,1H3. The van der Waals surface area contributed by atoms with Crippen LogP contribution in [0.3, 0.4) is 0 Å². The molecule has 2 nitrogen and oxygen atoms in total. The summed E-state index contributed by atoms with van der Waals surface area (Å²) >= 11 is 7.57. The summed E-state index contributed by atoms with van der Waals surface area (Å²) < 4.78 is 5.66. The molecule has 2 rings (SSSR count). The van der Waals surface area contributed by atoms with Gasteiger partial charge in [-0.3, -0.25) is 0 Å². The lowest BCUT2D eigenvalue weighted by atomic mass is 10.3. The fraction of sp³-hybridized carbons (Fsp3) is 0.231. The van der Waals surface area contributed by atoms with E-state index in [2.05, 4.69) is 11.6 Å². The highest BCUT2D eigenvalue weighted by molar-refractivity contribution is 7.97. The van der Waals surface area contributed by atoms with Crippen LogP contribution in [0.2, 0.25) is 5.02 Å². The molecule has 0 bridgehead atoms. The molecular weight excluding hydrogens is 254 g/mol. The topological polar surface area (TPSA) is 25.2 Å². The Morgan fingerprint density at radius 3 is 2.53 bits per heavy atom. The third-order valence-electron chi connectivity index (χ3n) is 2.31. The van der Waals surface area contributed by atoms with Gasteiger partial charge in [0.05, 0.1) is 12.3 Å². The predicted molar refractivity (Wildman–Crippen MR) is 74.7 cm³/mol. The number of thioether (sulfide) groups is 1. The zero-order chi connectivity index (χ0) is 12.1. The quantitative estimate of drug-likeness (QED) is 0.869. The Balaban J connectivity index is 1.90. The van der Waals surface area contributed by atoms with Crippen LogP contribution in [0.15, 0.2) is 40.8 Å². The second-order valence-corrected chi connectivity index (χ2v) is 4.96. The molecule has 1 N–H and O–H groups in total. The van der Waals surface area contributed by atoms with E-state index >= 15 is 0 Å². The molecule has 0 amide bonds. The molecule has 1 aromatic heterocycles. The molecule has 0 aliphatic rings. The van der Waals surface area contributed by atoms with Gasteiger partial charge in [0.15, 0.2) is 0 Å². The summed E-state index contributed by atoms with van der Waals surface area (Å²) in [5, 5.41) is 4.03. The molecule has 2 aromatic rings. The van der Waals surface area contributed by atoms with Crippen LogP contribution in [0, 0.1) is 0 Å². The van der Waals surface area contributed by atoms with E-state index in [9.17, 15) is 0 Å². The first-order valence-corrected chi connectivity index (χ1v) is 7.11. The van der Waals surface area contributed by atoms with E-state index in [1.54, 1.807) is 11.8 Å². The maximum absolute atomic E-state index is 5.82. The van der Waals surface area contributed by atoms with Gasteiger partial charge in [-0.05, 0) is 42.7 Å². The van der Waals surface area contributed by atoms with E-state index < -0.39 is 0 Å². The molecule has 0 saturated carbocycles. The summed E-state index contributed by atoms with van der Waals surface area (Å²) in [6, 6.07) is 11.7. The van der Waals surface area contributed by atoms with Crippen LogP contribution in [-0.4, -0.2) is 6.26 Å². The van der Waals surface area contributed by atoms with Gasteiger partial charge in [-0.25, -0.2) is 0 Å². The molecule has 0 aliphatic carbocycles. The lowest BCUT2D eigenvalue weighted by Gasteiger charge is -2.04. The van der Waals surface area contributed by atoms with Crippen LogP contribution in [0.25, 0.3) is 0 Å². The summed E-state index contributed by atoms with van der Waals surface area (Å²) in [7, 11) is 0. The Morgan fingerprint density at radius 2 is 1.82 bits per heavy atom. The number of hydrogen-bond donors (Lipinski definition) is 1. The van der Waals surface area contributed by atoms with E-state index in [1.165, 1.54) is 0 Å². The highest BCUT2D eigenvalue weighted by Gasteiger charge is 2.01. The van der Waals surface area contributed by atoms with Crippen molar-refractivity contribution in [1.29, 1.82) is 0 Å². The van der Waals surface area contributed by atoms with E-state index in [0.29, 0.717) is 6.54 Å². The van der Waals surface area contributed by atoms with Crippen molar-refractivity contribution in [1.82, 2.24) is 0 Å². The minimum absolute atomic E-state index is 0.690. The second-order valence-electron chi connectivity index (χ2n) is 3.66. The van der Waals surface area contributed by atoms with Crippen molar-refractivity contribution in [3.05, 3.63) is 52.9 Å². The van der Waals surface area contributed by atoms with Gasteiger partial charge in [0.1, 0.15) is 11.5 Å². The molecule has 0 saturated heterocycles. The fourth-order valence-electron chi connectivity index (χ4n) is 1.49. The molecule has 0 unspecified atom stereocenters. The van der Waals surface area contributed by atoms with E-state index in [4.69, 9.17) is 16.0 Å². The molecule has 90 valence electrons. The number of anilines is 1. The van der Waals surface area contributed by atoms with Gasteiger partial charge in [-0.1, -0.05) is 11.6 Å². The molecule has 0 fully saturated rings. The normalized spacial score (nSPS) is 10.5. The van der Waals surface area contributed by atoms with Crippen molar-refractivity contribution in [2.75, 3.05) is 11.6 Å². The number of rotatable bonds is 5. The van der Waals surface area contributed by atoms with Crippen molar-refractivity contribution >= 4 is 29.1 Å². The minimum atomic E-state index is 0.690. The summed E-state index contributed by atoms with van der Waals surface area (Å²) in [5.74, 6) is 2.88. The van der Waals surface area contributed by atoms with Crippen LogP contribution >= 0.6 is 23.4 Å². The van der Waals surface area contributed by atoms with Gasteiger partial charge in [0.2, 0.25) is 0 Å². The number of benzene rings is 1. The Morgan fingerprint density at radius 1 is 1.12 bits per heavy atom. The predicted octanol–water partition coefficient (Wildman–Crippen LogP) is 4.41. The summed E-state index contributed by atoms with van der Waals surface area (Å²) in [6.07, 6.45) is 2.06. The first kappa shape index (κ1) is 12.4. The first-order chi connectivity index (χ1) is 8.28. The fourth-order valence-corrected chi connectivity index (χ4v) is 2.06. The Bertz CT molecular complexity index is 467. The monoisotopic (exact) mass is 267 g/mol. The third kappa shape index (κ3) is 3.72. The largest absolute Gasteiger partial charge is 0.463 e. The molecule has 0 aliphatic heterocycles. The van der Waals surface area contributed by atoms with Crippen LogP contribution in [0.5, 0.6) is 0 Å². The van der Waals surface area contributed by atoms with E-state index in [0.717, 1.165) is 28.0 Å². The molecule has 17 heavy (non-hydrogen) atoms. The van der Waals surface area contributed by atoms with Crippen LogP contribution in [0.1, 0.15) is 11.5 Å². The smallest absolute Gasteiger partial charge is 0.123 e. The number of nitrogens with one attached hydrogen (secondary N) is 1. The van der Waals surface area contributed by atoms with Crippen molar-refractivity contribution in [2.24, 2.45) is 0 Å². The maximum atomic E-state index is 5.82. The van der Waals surface area contributed by atoms with Gasteiger partial charge in [-0.2, -0.15) is 11.8 Å². The number of furan rings is 1. The Hall–Kier alpha value is -1.06. The number of hydrogen-bond acceptors (Lipinski definition) is 3. The van der Waals surface area contributed by atoms with Crippen molar-refractivity contribution in [3.63, 3.8) is 0 Å². The molecule has 0 radical (unpaired) electrons. The lowest BCUT2D eigenvalue weighted by molar-refractivity contribution is 0.487. The lowest BCUT2D eigenvalue weighted by Crippen LogP contribution is -1.97. The van der Waals surface area contributed by atoms with E-state index in [-0.39, 0.29) is 0 Å². The van der Waals surface area contributed by atoms with Crippen molar-refractivity contribution in [3.8, 4) is 0 Å². The van der Waals surface area contributed by atoms with Gasteiger partial charge in [0.25, 0.3) is 0 Å². The van der Waals surface area contributed by atoms with Crippen LogP contribution in [-0.2, 0) is 12.3 Å². The summed E-state index contributed by atoms with van der Waals surface area (Å²) in [5.41, 5.74) is 1.04. The van der Waals surface area contributed by atoms with Gasteiger partial charge >= 0.3 is 0 Å². The average Bonchev–Trinajstić information content (AvgIpc) is 2.77. The second kappa shape index (κ2) is 6.03. The zero-order valence-corrected chi connectivity index (χ0v) is 11.1. The highest BCUT2D eigenvalue weighted by atomic mass is 35.5. The Kier molecular flexibility index (Phi) is 4.40. The van der Waals surface area contributed by atoms with Gasteiger partial charge in [0, 0.05) is 10.7 Å². The average molecular weight is 268 g/mol. The van der Waals surface area contributed by atoms with Gasteiger partial charge in [-0.15, -0.1) is 0 Å². The minimum Gasteiger partial charge on any atom is -0.463 e. The number of halogens is 1. The molecule has 0 spiro atoms. The molecule has 1 heterocycles. The summed E-state index contributed by atoms with van der Waals surface area (Å²) in [4.78, 5) is 0. The van der Waals surface area contributed by atoms with Crippen molar-refractivity contribution < 1.29 is 4.42 Å². The molecular formula is C13H14ClNOS. The SMILES string of the molecule is CSCc1ccc(CNc2ccc(Cl)cc2)o1. The summed E-state index contributed by atoms with van der Waals surface area (Å²) in [6.45, 7) is 0.690. The van der Waals surface area contributed by atoms with Crippen molar-refractivity contribution in [2.45, 2.75) is 12.3 Å². The maximum Gasteiger partial charge on any atom is 0.123 e. The molecule has 4 heteroatoms. The third-order valence-corrected chi connectivity index (χ3v) is 3.14. The Labute approximate surface area is 110 Å². The van der Waals surface area contributed by atoms with E-state index in [1.807, 2.05) is 36.4 Å². The molecule has 1 aromatic carbocycles. The van der Waals surface area contributed by atoms with Gasteiger partial charge < -0.3 is 9.73 Å². The highest BCUT2D eigenvalue weighted by Crippen LogP contribution is 2.17. The first-order valence-electron chi connectivity index (χ1n) is 5.34. The van der Waals surface area contributed by atoms with Crippen LogP contribution in [0.4, 0.5) is 5.69 Å².